The number of nitrogens with two attached hydrogens (primary N) is 1. The van der Waals surface area contributed by atoms with E-state index in [9.17, 15) is 21.6 Å². The van der Waals surface area contributed by atoms with Crippen LogP contribution >= 0.6 is 0 Å². The van der Waals surface area contributed by atoms with Crippen LogP contribution < -0.4 is 9.88 Å². The summed E-state index contributed by atoms with van der Waals surface area (Å²) in [5.74, 6) is -1.90. The summed E-state index contributed by atoms with van der Waals surface area (Å²) in [7, 11) is -3.45. The first kappa shape index (κ1) is 12.7. The Morgan fingerprint density at radius 3 is 2.44 bits per heavy atom. The van der Waals surface area contributed by atoms with Crippen LogP contribution in [0.3, 0.4) is 0 Å². The van der Waals surface area contributed by atoms with Crippen molar-refractivity contribution in [2.24, 2.45) is 5.14 Å². The molecule has 0 fully saturated rings. The maximum atomic E-state index is 13.1. The summed E-state index contributed by atoms with van der Waals surface area (Å²) in [6.45, 7) is 0. The molecule has 0 unspecified atom stereocenters. The van der Waals surface area contributed by atoms with Gasteiger partial charge in [-0.3, -0.25) is 0 Å². The number of hydrogen-bond acceptors (Lipinski definition) is 4. The zero-order valence-corrected chi connectivity index (χ0v) is 8.76. The normalized spacial score (nSPS) is 11.9. The third-order valence-electron chi connectivity index (χ3n) is 1.64. The summed E-state index contributed by atoms with van der Waals surface area (Å²) < 4.78 is 64.1. The van der Waals surface area contributed by atoms with E-state index in [1.807, 2.05) is 0 Å². The first-order valence-electron chi connectivity index (χ1n) is 3.82. The van der Waals surface area contributed by atoms with Crippen LogP contribution in [0, 0.1) is 5.82 Å². The highest BCUT2D eigenvalue weighted by molar-refractivity contribution is 7.89. The van der Waals surface area contributed by atoms with Gasteiger partial charge in [0.05, 0.1) is 7.11 Å². The Bertz CT molecular complexity index is 504. The molecule has 0 saturated carbocycles. The van der Waals surface area contributed by atoms with Crippen molar-refractivity contribution in [3.8, 4) is 5.88 Å². The lowest BCUT2D eigenvalue weighted by atomic mass is 10.3. The Kier molecular flexibility index (Phi) is 3.38. The predicted molar refractivity (Wildman–Crippen MR) is 47.1 cm³/mol. The first-order valence-corrected chi connectivity index (χ1v) is 5.37. The highest BCUT2D eigenvalue weighted by Gasteiger charge is 2.25. The van der Waals surface area contributed by atoms with E-state index in [4.69, 9.17) is 0 Å². The summed E-state index contributed by atoms with van der Waals surface area (Å²) in [6, 6.07) is 0.350. The van der Waals surface area contributed by atoms with Gasteiger partial charge in [0, 0.05) is 6.07 Å². The van der Waals surface area contributed by atoms with Gasteiger partial charge < -0.3 is 4.74 Å². The second-order valence-corrected chi connectivity index (χ2v) is 4.24. The Balaban J connectivity index is 3.55. The molecule has 0 amide bonds. The van der Waals surface area contributed by atoms with Gasteiger partial charge in [0.2, 0.25) is 10.0 Å². The smallest absolute Gasteiger partial charge is 0.281 e. The lowest BCUT2D eigenvalue weighted by Crippen LogP contribution is -2.16. The van der Waals surface area contributed by atoms with Gasteiger partial charge >= 0.3 is 0 Å². The molecule has 0 spiro atoms. The zero-order valence-electron chi connectivity index (χ0n) is 7.95. The minimum absolute atomic E-state index is 0.350. The number of hydrogen-bond donors (Lipinski definition) is 1. The van der Waals surface area contributed by atoms with Gasteiger partial charge in [-0.25, -0.2) is 31.7 Å². The van der Waals surface area contributed by atoms with E-state index in [0.29, 0.717) is 6.07 Å². The van der Waals surface area contributed by atoms with Gasteiger partial charge in [-0.1, -0.05) is 0 Å². The Morgan fingerprint density at radius 2 is 2.06 bits per heavy atom. The fraction of sp³-hybridized carbons (Fsp3) is 0.286. The molecule has 0 aliphatic rings. The molecule has 0 aliphatic heterocycles. The van der Waals surface area contributed by atoms with Crippen LogP contribution in [0.2, 0.25) is 0 Å². The van der Waals surface area contributed by atoms with Crippen molar-refractivity contribution >= 4 is 10.0 Å². The molecule has 0 radical (unpaired) electrons. The molecule has 90 valence electrons. The fourth-order valence-electron chi connectivity index (χ4n) is 0.996. The largest absolute Gasteiger partial charge is 0.479 e. The zero-order chi connectivity index (χ0) is 12.5. The van der Waals surface area contributed by atoms with Crippen LogP contribution in [-0.2, 0) is 10.0 Å². The quantitative estimate of drug-likeness (QED) is 0.867. The number of sulfonamides is 1. The lowest BCUT2D eigenvalue weighted by Gasteiger charge is -2.08. The summed E-state index contributed by atoms with van der Waals surface area (Å²) in [5.41, 5.74) is -1.14. The van der Waals surface area contributed by atoms with Crippen LogP contribution in [0.5, 0.6) is 5.88 Å². The van der Waals surface area contributed by atoms with E-state index < -0.39 is 38.7 Å². The number of primary sulfonamides is 1. The van der Waals surface area contributed by atoms with E-state index >= 15 is 0 Å². The number of pyridine rings is 1. The van der Waals surface area contributed by atoms with Gasteiger partial charge in [0.25, 0.3) is 12.3 Å². The Morgan fingerprint density at radius 1 is 1.50 bits per heavy atom. The molecule has 0 aliphatic carbocycles. The molecule has 5 nitrogen and oxygen atoms in total. The first-order chi connectivity index (χ1) is 7.27. The number of halogens is 3. The van der Waals surface area contributed by atoms with Crippen LogP contribution in [0.15, 0.2) is 11.0 Å². The van der Waals surface area contributed by atoms with Crippen molar-refractivity contribution in [1.82, 2.24) is 4.98 Å². The lowest BCUT2D eigenvalue weighted by molar-refractivity contribution is 0.140. The number of alkyl halides is 2. The van der Waals surface area contributed by atoms with Crippen LogP contribution in [-0.4, -0.2) is 20.5 Å². The molecule has 0 atom stereocenters. The Labute approximate surface area is 89.1 Å². The van der Waals surface area contributed by atoms with Gasteiger partial charge in [-0.15, -0.1) is 0 Å². The monoisotopic (exact) mass is 256 g/mol. The molecule has 16 heavy (non-hydrogen) atoms. The van der Waals surface area contributed by atoms with Gasteiger partial charge in [0.15, 0.2) is 5.82 Å². The fourth-order valence-corrected chi connectivity index (χ4v) is 1.69. The highest BCUT2D eigenvalue weighted by atomic mass is 32.2. The standard InChI is InChI=1S/C7H7F3N2O3S/c1-15-7-3(8)2-4(16(11,13)14)5(12-7)6(9)10/h2,6H,1H3,(H2,11,13,14). The molecule has 9 heteroatoms. The number of aromatic nitrogens is 1. The van der Waals surface area contributed by atoms with Gasteiger partial charge in [-0.05, 0) is 0 Å². The third kappa shape index (κ3) is 2.42. The maximum absolute atomic E-state index is 13.1. The number of rotatable bonds is 3. The predicted octanol–water partition coefficient (Wildman–Crippen LogP) is 0.814. The molecular formula is C7H7F3N2O3S. The van der Waals surface area contributed by atoms with E-state index in [1.165, 1.54) is 0 Å². The van der Waals surface area contributed by atoms with Crippen molar-refractivity contribution in [3.05, 3.63) is 17.6 Å². The summed E-state index contributed by atoms with van der Waals surface area (Å²) in [6.07, 6.45) is -3.21. The van der Waals surface area contributed by atoms with E-state index in [-0.39, 0.29) is 0 Å². The SMILES string of the molecule is COc1nc(C(F)F)c(S(N)(=O)=O)cc1F. The molecule has 1 aromatic rings. The summed E-state index contributed by atoms with van der Waals surface area (Å²) >= 11 is 0. The maximum Gasteiger partial charge on any atom is 0.281 e. The molecule has 1 aromatic heterocycles. The molecule has 2 N–H and O–H groups in total. The van der Waals surface area contributed by atoms with E-state index in [0.717, 1.165) is 7.11 Å². The average Bonchev–Trinajstić information content (AvgIpc) is 2.15. The molecule has 0 aromatic carbocycles. The number of ether oxygens (including phenoxy) is 1. The van der Waals surface area contributed by atoms with Crippen LogP contribution in [0.4, 0.5) is 13.2 Å². The molecule has 0 saturated heterocycles. The third-order valence-corrected chi connectivity index (χ3v) is 2.58. The minimum atomic E-state index is -4.46. The molecule has 1 rings (SSSR count). The molecular weight excluding hydrogens is 249 g/mol. The number of methoxy groups -OCH3 is 1. The summed E-state index contributed by atoms with van der Waals surface area (Å²) in [5, 5.41) is 4.65. The van der Waals surface area contributed by atoms with Crippen molar-refractivity contribution in [3.63, 3.8) is 0 Å². The van der Waals surface area contributed by atoms with E-state index in [1.54, 1.807) is 0 Å². The second-order valence-electron chi connectivity index (χ2n) is 2.71. The number of nitrogens with zero attached hydrogens (tertiary/aromatic N) is 1. The Hall–Kier alpha value is -1.35. The molecule has 0 bridgehead atoms. The van der Waals surface area contributed by atoms with Crippen LogP contribution in [0.1, 0.15) is 12.1 Å². The van der Waals surface area contributed by atoms with Gasteiger partial charge in [0.1, 0.15) is 10.6 Å². The van der Waals surface area contributed by atoms with Crippen molar-refractivity contribution in [2.75, 3.05) is 7.11 Å². The molecule has 1 heterocycles. The minimum Gasteiger partial charge on any atom is -0.479 e. The van der Waals surface area contributed by atoms with Crippen molar-refractivity contribution < 1.29 is 26.3 Å². The van der Waals surface area contributed by atoms with Crippen LogP contribution in [0.25, 0.3) is 0 Å². The van der Waals surface area contributed by atoms with Gasteiger partial charge in [-0.2, -0.15) is 0 Å². The highest BCUT2D eigenvalue weighted by Crippen LogP contribution is 2.28. The second kappa shape index (κ2) is 4.26. The summed E-state index contributed by atoms with van der Waals surface area (Å²) in [4.78, 5) is 2.00. The average molecular weight is 256 g/mol. The van der Waals surface area contributed by atoms with E-state index in [2.05, 4.69) is 14.9 Å². The topological polar surface area (TPSA) is 82.3 Å². The van der Waals surface area contributed by atoms with Crippen molar-refractivity contribution in [2.45, 2.75) is 11.3 Å². The van der Waals surface area contributed by atoms with Crippen molar-refractivity contribution in [1.29, 1.82) is 0 Å².